The van der Waals surface area contributed by atoms with Crippen LogP contribution in [0, 0.1) is 18.6 Å². The highest BCUT2D eigenvalue weighted by Gasteiger charge is 2.27. The van der Waals surface area contributed by atoms with Gasteiger partial charge in [-0.05, 0) is 39.5 Å². The summed E-state index contributed by atoms with van der Waals surface area (Å²) in [7, 11) is 0. The molecule has 0 rings (SSSR count). The first kappa shape index (κ1) is 14.9. The normalized spacial score (nSPS) is 14.0. The molecule has 0 aromatic rings. The molecular formula is C13H27O2. The minimum atomic E-state index is -0.174. The molecule has 15 heavy (non-hydrogen) atoms. The largest absolute Gasteiger partial charge is 0.342 e. The monoisotopic (exact) mass is 215 g/mol. The van der Waals surface area contributed by atoms with E-state index in [0.29, 0.717) is 11.8 Å². The number of hydrogen-bond donors (Lipinski definition) is 0. The van der Waals surface area contributed by atoms with Crippen molar-refractivity contribution in [2.45, 2.75) is 66.6 Å². The van der Waals surface area contributed by atoms with E-state index in [0.717, 1.165) is 0 Å². The first-order chi connectivity index (χ1) is 6.59. The van der Waals surface area contributed by atoms with Gasteiger partial charge < -0.3 is 9.47 Å². The SMILES string of the molecule is CC(C)C(C)(C)O[CH]OC(C)(C)C(C)C. The standard InChI is InChI=1S/C13H27O2/c1-10(2)12(5,6)14-9-15-13(7,8)11(3)4/h9-11H,1-8H3. The molecule has 2 heteroatoms. The van der Waals surface area contributed by atoms with Crippen LogP contribution >= 0.6 is 0 Å². The molecule has 0 N–H and O–H groups in total. The molecule has 0 atom stereocenters. The highest BCUT2D eigenvalue weighted by Crippen LogP contribution is 2.25. The van der Waals surface area contributed by atoms with Crippen LogP contribution in [0.2, 0.25) is 0 Å². The molecule has 0 amide bonds. The van der Waals surface area contributed by atoms with E-state index in [2.05, 4.69) is 55.4 Å². The maximum atomic E-state index is 5.63. The zero-order chi connectivity index (χ0) is 12.3. The molecule has 91 valence electrons. The lowest BCUT2D eigenvalue weighted by Crippen LogP contribution is -2.34. The van der Waals surface area contributed by atoms with Gasteiger partial charge in [0.25, 0.3) is 0 Å². The van der Waals surface area contributed by atoms with Crippen molar-refractivity contribution in [3.63, 3.8) is 0 Å². The van der Waals surface area contributed by atoms with Crippen molar-refractivity contribution < 1.29 is 9.47 Å². The molecular weight excluding hydrogens is 188 g/mol. The molecule has 1 radical (unpaired) electrons. The van der Waals surface area contributed by atoms with Gasteiger partial charge in [-0.25, -0.2) is 0 Å². The van der Waals surface area contributed by atoms with Crippen LogP contribution in [0.1, 0.15) is 55.4 Å². The molecule has 0 saturated carbocycles. The third-order valence-corrected chi connectivity index (χ3v) is 3.48. The lowest BCUT2D eigenvalue weighted by molar-refractivity contribution is -0.142. The van der Waals surface area contributed by atoms with Gasteiger partial charge in [-0.15, -0.1) is 0 Å². The smallest absolute Gasteiger partial charge is 0.210 e. The summed E-state index contributed by atoms with van der Waals surface area (Å²) in [5.41, 5.74) is -0.347. The first-order valence-electron chi connectivity index (χ1n) is 5.77. The van der Waals surface area contributed by atoms with Crippen LogP contribution < -0.4 is 0 Å². The molecule has 0 saturated heterocycles. The van der Waals surface area contributed by atoms with Crippen LogP contribution in [0.15, 0.2) is 0 Å². The predicted octanol–water partition coefficient (Wildman–Crippen LogP) is 4.01. The van der Waals surface area contributed by atoms with Crippen molar-refractivity contribution in [2.24, 2.45) is 11.8 Å². The summed E-state index contributed by atoms with van der Waals surface area (Å²) in [6, 6.07) is 0. The molecule has 0 unspecified atom stereocenters. The maximum Gasteiger partial charge on any atom is 0.210 e. The average Bonchev–Trinajstić information content (AvgIpc) is 2.02. The van der Waals surface area contributed by atoms with Gasteiger partial charge in [0, 0.05) is 0 Å². The van der Waals surface area contributed by atoms with E-state index in [1.54, 1.807) is 0 Å². The lowest BCUT2D eigenvalue weighted by atomic mass is 9.94. The summed E-state index contributed by atoms with van der Waals surface area (Å²) < 4.78 is 11.3. The van der Waals surface area contributed by atoms with E-state index in [4.69, 9.17) is 9.47 Å². The Morgan fingerprint density at radius 2 is 1.00 bits per heavy atom. The molecule has 0 aliphatic carbocycles. The quantitative estimate of drug-likeness (QED) is 0.666. The topological polar surface area (TPSA) is 18.5 Å². The minimum Gasteiger partial charge on any atom is -0.342 e. The Balaban J connectivity index is 4.00. The van der Waals surface area contributed by atoms with Crippen molar-refractivity contribution >= 4 is 0 Å². The van der Waals surface area contributed by atoms with E-state index < -0.39 is 0 Å². The second kappa shape index (κ2) is 5.31. The number of hydrogen-bond acceptors (Lipinski definition) is 2. The fraction of sp³-hybridized carbons (Fsp3) is 0.923. The second-order valence-corrected chi connectivity index (χ2v) is 5.85. The van der Waals surface area contributed by atoms with Crippen LogP contribution in [0.5, 0.6) is 0 Å². The van der Waals surface area contributed by atoms with Crippen molar-refractivity contribution in [1.29, 1.82) is 0 Å². The molecule has 0 aromatic carbocycles. The van der Waals surface area contributed by atoms with E-state index in [-0.39, 0.29) is 11.2 Å². The Bertz CT molecular complexity index is 161. The zero-order valence-electron chi connectivity index (χ0n) is 11.5. The second-order valence-electron chi connectivity index (χ2n) is 5.85. The van der Waals surface area contributed by atoms with Crippen molar-refractivity contribution in [3.05, 3.63) is 6.79 Å². The van der Waals surface area contributed by atoms with Crippen molar-refractivity contribution in [2.75, 3.05) is 0 Å². The summed E-state index contributed by atoms with van der Waals surface area (Å²) in [6.07, 6.45) is 0. The van der Waals surface area contributed by atoms with Crippen LogP contribution in [-0.2, 0) is 9.47 Å². The van der Waals surface area contributed by atoms with Gasteiger partial charge >= 0.3 is 0 Å². The Labute approximate surface area is 95.3 Å². The van der Waals surface area contributed by atoms with Gasteiger partial charge in [0.2, 0.25) is 6.79 Å². The van der Waals surface area contributed by atoms with E-state index in [1.807, 2.05) is 0 Å². The summed E-state index contributed by atoms with van der Waals surface area (Å²) in [5.74, 6) is 0.916. The highest BCUT2D eigenvalue weighted by molar-refractivity contribution is 4.76. The van der Waals surface area contributed by atoms with Gasteiger partial charge in [0.15, 0.2) is 0 Å². The third-order valence-electron chi connectivity index (χ3n) is 3.48. The van der Waals surface area contributed by atoms with Gasteiger partial charge in [0.05, 0.1) is 11.2 Å². The summed E-state index contributed by atoms with van der Waals surface area (Å²) >= 11 is 0. The molecule has 0 aliphatic heterocycles. The Hall–Kier alpha value is -0.0800. The van der Waals surface area contributed by atoms with Crippen molar-refractivity contribution in [1.82, 2.24) is 0 Å². The van der Waals surface area contributed by atoms with Gasteiger partial charge in [0.1, 0.15) is 0 Å². The van der Waals surface area contributed by atoms with Crippen LogP contribution in [0.25, 0.3) is 0 Å². The van der Waals surface area contributed by atoms with Gasteiger partial charge in [-0.2, -0.15) is 0 Å². The fourth-order valence-electron chi connectivity index (χ4n) is 0.544. The van der Waals surface area contributed by atoms with E-state index in [9.17, 15) is 0 Å². The van der Waals surface area contributed by atoms with Crippen LogP contribution in [0.4, 0.5) is 0 Å². The Morgan fingerprint density at radius 3 is 1.20 bits per heavy atom. The summed E-state index contributed by atoms with van der Waals surface area (Å²) in [4.78, 5) is 0. The predicted molar refractivity (Wildman–Crippen MR) is 64.3 cm³/mol. The molecule has 0 aliphatic rings. The molecule has 0 fully saturated rings. The maximum absolute atomic E-state index is 5.63. The highest BCUT2D eigenvalue weighted by atomic mass is 16.7. The molecule has 0 heterocycles. The lowest BCUT2D eigenvalue weighted by Gasteiger charge is -2.33. The fourth-order valence-corrected chi connectivity index (χ4v) is 0.544. The molecule has 2 nitrogen and oxygen atoms in total. The number of ether oxygens (including phenoxy) is 2. The molecule has 0 spiro atoms. The van der Waals surface area contributed by atoms with Crippen LogP contribution in [0.3, 0.4) is 0 Å². The summed E-state index contributed by atoms with van der Waals surface area (Å²) in [6.45, 7) is 18.3. The van der Waals surface area contributed by atoms with Crippen LogP contribution in [-0.4, -0.2) is 11.2 Å². The Kier molecular flexibility index (Phi) is 5.28. The van der Waals surface area contributed by atoms with Crippen molar-refractivity contribution in [3.8, 4) is 0 Å². The zero-order valence-corrected chi connectivity index (χ0v) is 11.5. The van der Waals surface area contributed by atoms with Gasteiger partial charge in [-0.3, -0.25) is 0 Å². The minimum absolute atomic E-state index is 0.174. The van der Waals surface area contributed by atoms with Gasteiger partial charge in [-0.1, -0.05) is 27.7 Å². The molecule has 0 bridgehead atoms. The first-order valence-corrected chi connectivity index (χ1v) is 5.77. The van der Waals surface area contributed by atoms with E-state index >= 15 is 0 Å². The third kappa shape index (κ3) is 4.98. The average molecular weight is 215 g/mol. The van der Waals surface area contributed by atoms with E-state index in [1.165, 1.54) is 6.79 Å². The number of rotatable bonds is 6. The Morgan fingerprint density at radius 1 is 0.733 bits per heavy atom. The summed E-state index contributed by atoms with van der Waals surface area (Å²) in [5, 5.41) is 0. The molecule has 0 aromatic heterocycles.